The molecule has 6 aliphatic heterocycles. The van der Waals surface area contributed by atoms with Crippen molar-refractivity contribution < 1.29 is 41.8 Å². The highest BCUT2D eigenvalue weighted by Crippen LogP contribution is 2.38. The van der Waals surface area contributed by atoms with Gasteiger partial charge in [-0.05, 0) is 125 Å². The van der Waals surface area contributed by atoms with Crippen molar-refractivity contribution in [1.82, 2.24) is 44.6 Å². The smallest absolute Gasteiger partial charge is 0.381 e. The molecule has 0 aliphatic carbocycles. The number of anilines is 2. The van der Waals surface area contributed by atoms with Gasteiger partial charge < -0.3 is 48.5 Å². The van der Waals surface area contributed by atoms with Gasteiger partial charge in [0.25, 0.3) is 5.91 Å². The minimum absolute atomic E-state index is 0.0996. The summed E-state index contributed by atoms with van der Waals surface area (Å²) in [5.74, 6) is 1.26. The normalized spacial score (nSPS) is 19.6. The number of aldehydes is 2. The Kier molecular flexibility index (Phi) is 23.9. The fourth-order valence-corrected chi connectivity index (χ4v) is 10.3. The van der Waals surface area contributed by atoms with Crippen molar-refractivity contribution >= 4 is 36.3 Å². The first kappa shape index (κ1) is 60.5. The van der Waals surface area contributed by atoms with Gasteiger partial charge in [-0.25, -0.2) is 0 Å². The average molecular weight is 1070 g/mol. The lowest BCUT2D eigenvalue weighted by atomic mass is 9.96. The van der Waals surface area contributed by atoms with E-state index in [1.807, 2.05) is 69.9 Å². The SMILES string of the molecule is C1COC1.CC.CN(/C=C1/C(C(F)(F)F)=CC(CN2CCC(OCCN3CCC(CN4CCN(c5ccc6c(c5)CN(C(C=O)CCC=O)C6=O)CC4)CC3)CC2)=CN1C=O)c1cccc(Cc2nncn2C)c1.CNC. The molecule has 77 heavy (non-hydrogen) atoms. The van der Waals surface area contributed by atoms with Crippen LogP contribution in [-0.4, -0.2) is 195 Å². The number of benzene rings is 2. The maximum absolute atomic E-state index is 14.6. The molecule has 6 aliphatic rings. The van der Waals surface area contributed by atoms with E-state index < -0.39 is 17.8 Å². The van der Waals surface area contributed by atoms with Crippen molar-refractivity contribution in [2.45, 2.75) is 90.1 Å². The third-order valence-corrected chi connectivity index (χ3v) is 14.7. The first-order valence-corrected chi connectivity index (χ1v) is 27.4. The van der Waals surface area contributed by atoms with Crippen LogP contribution in [0.5, 0.6) is 0 Å². The van der Waals surface area contributed by atoms with Crippen LogP contribution >= 0.6 is 0 Å². The van der Waals surface area contributed by atoms with Crippen molar-refractivity contribution in [2.75, 3.05) is 123 Å². The van der Waals surface area contributed by atoms with Gasteiger partial charge in [0.15, 0.2) is 0 Å². The summed E-state index contributed by atoms with van der Waals surface area (Å²) < 4.78 is 56.7. The van der Waals surface area contributed by atoms with Gasteiger partial charge in [0.05, 0.1) is 30.0 Å². The van der Waals surface area contributed by atoms with Crippen LogP contribution in [0.4, 0.5) is 24.5 Å². The minimum atomic E-state index is -4.68. The quantitative estimate of drug-likeness (QED) is 0.134. The van der Waals surface area contributed by atoms with Gasteiger partial charge in [-0.3, -0.25) is 24.3 Å². The maximum Gasteiger partial charge on any atom is 0.418 e. The number of nitrogens with one attached hydrogen (secondary N) is 1. The number of aryl methyl sites for hydroxylation is 1. The van der Waals surface area contributed by atoms with Crippen LogP contribution in [0.25, 0.3) is 0 Å². The van der Waals surface area contributed by atoms with Crippen LogP contribution in [0.3, 0.4) is 0 Å². The number of alkyl halides is 3. The van der Waals surface area contributed by atoms with Crippen LogP contribution in [0.2, 0.25) is 0 Å². The van der Waals surface area contributed by atoms with E-state index in [4.69, 9.17) is 9.47 Å². The summed E-state index contributed by atoms with van der Waals surface area (Å²) in [6.07, 6.45) is 9.29. The van der Waals surface area contributed by atoms with Gasteiger partial charge in [-0.2, -0.15) is 13.2 Å². The van der Waals surface area contributed by atoms with E-state index in [2.05, 4.69) is 41.2 Å². The zero-order chi connectivity index (χ0) is 55.3. The number of hydrogen-bond donors (Lipinski definition) is 1. The molecule has 7 heterocycles. The third kappa shape index (κ3) is 17.4. The maximum atomic E-state index is 14.6. The second-order valence-electron chi connectivity index (χ2n) is 20.2. The Morgan fingerprint density at radius 2 is 1.61 bits per heavy atom. The summed E-state index contributed by atoms with van der Waals surface area (Å²) in [4.78, 5) is 61.6. The Labute approximate surface area is 453 Å². The summed E-state index contributed by atoms with van der Waals surface area (Å²) in [7, 11) is 7.27. The number of fused-ring (bicyclic) bond motifs is 1. The predicted octanol–water partition coefficient (Wildman–Crippen LogP) is 6.31. The molecule has 9 rings (SSSR count). The van der Waals surface area contributed by atoms with Crippen molar-refractivity contribution in [3.05, 3.63) is 107 Å². The molecule has 17 nitrogen and oxygen atoms in total. The Morgan fingerprint density at radius 1 is 0.922 bits per heavy atom. The summed E-state index contributed by atoms with van der Waals surface area (Å²) in [6, 6.07) is 12.8. The number of piperidine rings is 2. The number of likely N-dealkylation sites (tertiary alicyclic amines) is 2. The zero-order valence-corrected chi connectivity index (χ0v) is 46.1. The molecule has 1 unspecified atom stereocenters. The number of nitrogens with zero attached hydrogens (tertiary/aromatic N) is 10. The highest BCUT2D eigenvalue weighted by molar-refractivity contribution is 6.00. The van der Waals surface area contributed by atoms with Gasteiger partial charge >= 0.3 is 6.18 Å². The molecule has 2 amide bonds. The monoisotopic (exact) mass is 1070 g/mol. The second kappa shape index (κ2) is 30.4. The van der Waals surface area contributed by atoms with Crippen molar-refractivity contribution in [3.63, 3.8) is 0 Å². The van der Waals surface area contributed by atoms with Crippen molar-refractivity contribution in [3.8, 4) is 0 Å². The molecule has 4 fully saturated rings. The molecule has 4 saturated heterocycles. The molecule has 2 aromatic carbocycles. The number of piperazine rings is 1. The molecule has 3 aromatic rings. The number of ether oxygens (including phenoxy) is 2. The van der Waals surface area contributed by atoms with Crippen LogP contribution in [-0.2, 0) is 43.9 Å². The van der Waals surface area contributed by atoms with Gasteiger partial charge in [0.1, 0.15) is 24.7 Å². The zero-order valence-electron chi connectivity index (χ0n) is 46.1. The molecular weight excluding hydrogens is 992 g/mol. The average Bonchev–Trinajstić information content (AvgIpc) is 3.99. The fraction of sp³-hybridized carbons (Fsp3) is 0.579. The van der Waals surface area contributed by atoms with E-state index in [-0.39, 0.29) is 24.1 Å². The number of hydrogen-bond acceptors (Lipinski definition) is 14. The Morgan fingerprint density at radius 3 is 2.22 bits per heavy atom. The number of halogens is 3. The molecule has 1 atom stereocenters. The van der Waals surface area contributed by atoms with Gasteiger partial charge in [0.2, 0.25) is 6.41 Å². The summed E-state index contributed by atoms with van der Waals surface area (Å²) in [5, 5.41) is 10.8. The lowest BCUT2D eigenvalue weighted by molar-refractivity contribution is -0.116. The molecule has 422 valence electrons. The van der Waals surface area contributed by atoms with E-state index in [0.29, 0.717) is 74.8 Å². The third-order valence-electron chi connectivity index (χ3n) is 14.7. The lowest BCUT2D eigenvalue weighted by Gasteiger charge is -2.39. The molecule has 0 radical (unpaired) electrons. The van der Waals surface area contributed by atoms with Crippen LogP contribution in [0, 0.1) is 5.92 Å². The number of amides is 2. The summed E-state index contributed by atoms with van der Waals surface area (Å²) in [5.41, 5.74) is 3.56. The number of aromatic nitrogens is 3. The number of rotatable bonds is 19. The predicted molar refractivity (Wildman–Crippen MR) is 293 cm³/mol. The first-order chi connectivity index (χ1) is 37.3. The van der Waals surface area contributed by atoms with Gasteiger partial charge in [0, 0.05) is 135 Å². The number of carbonyl (C=O) groups is 4. The molecule has 0 bridgehead atoms. The van der Waals surface area contributed by atoms with Crippen LogP contribution in [0.1, 0.15) is 86.1 Å². The van der Waals surface area contributed by atoms with E-state index in [9.17, 15) is 32.3 Å². The first-order valence-electron chi connectivity index (χ1n) is 27.4. The van der Waals surface area contributed by atoms with Gasteiger partial charge in [-0.15, -0.1) is 10.2 Å². The fourth-order valence-electron chi connectivity index (χ4n) is 10.3. The summed E-state index contributed by atoms with van der Waals surface area (Å²) >= 11 is 0. The Bertz CT molecular complexity index is 2430. The Hall–Kier alpha value is -5.77. The highest BCUT2D eigenvalue weighted by Gasteiger charge is 2.40. The van der Waals surface area contributed by atoms with E-state index in [1.54, 1.807) is 29.2 Å². The van der Waals surface area contributed by atoms with Crippen molar-refractivity contribution in [1.29, 1.82) is 0 Å². The molecule has 0 spiro atoms. The summed E-state index contributed by atoms with van der Waals surface area (Å²) in [6.45, 7) is 16.5. The van der Waals surface area contributed by atoms with Crippen LogP contribution < -0.4 is 15.1 Å². The number of allylic oxidation sites excluding steroid dienone is 1. The Balaban J connectivity index is 0.000000987. The van der Waals surface area contributed by atoms with Crippen LogP contribution in [0.15, 0.2) is 84.1 Å². The van der Waals surface area contributed by atoms with E-state index in [1.165, 1.54) is 24.9 Å². The second-order valence-corrected chi connectivity index (χ2v) is 20.2. The van der Waals surface area contributed by atoms with Gasteiger partial charge in [-0.1, -0.05) is 26.0 Å². The highest BCUT2D eigenvalue weighted by atomic mass is 19.4. The molecule has 0 saturated carbocycles. The largest absolute Gasteiger partial charge is 0.418 e. The molecule has 20 heteroatoms. The molecule has 1 N–H and O–H groups in total. The van der Waals surface area contributed by atoms with E-state index >= 15 is 0 Å². The molecule has 1 aromatic heterocycles. The lowest BCUT2D eigenvalue weighted by Crippen LogP contribution is -2.49. The van der Waals surface area contributed by atoms with Crippen molar-refractivity contribution in [2.24, 2.45) is 13.0 Å². The minimum Gasteiger partial charge on any atom is -0.381 e. The molecular formula is C57H82F3N11O6. The standard InChI is InChI=1S/C50H63F3N10O5.C3H6O.C2H7N.C2H6/c1-56(41-6-3-5-38(25-41)27-48-55-54-35-57(48)2)33-47-46(50(51,52)53)26-39(31-62(47)36-66)30-59-16-12-44(13-17-59)68-24-22-58-14-10-37(11-15-58)29-60-18-20-61(21-19-60)42-8-9-45-40(28-42)32-63(49(45)67)43(34-65)7-4-23-64;1-2-4-3-1;1-3-2;1-2/h3,5-6,8-9,23,25-26,28,31,33-37,43-44H,4,7,10-22,24,27,29-30,32H2,1-2H3;1-3H2;3H,1-2H3;1-2H3/b47-33-;;;. The van der Waals surface area contributed by atoms with E-state index in [0.717, 1.165) is 131 Å². The topological polar surface area (TPSA) is 152 Å². The number of carbonyl (C=O) groups excluding carboxylic acids is 4.